The van der Waals surface area contributed by atoms with Gasteiger partial charge in [-0.2, -0.15) is 0 Å². The lowest BCUT2D eigenvalue weighted by Crippen LogP contribution is -2.61. The predicted octanol–water partition coefficient (Wildman–Crippen LogP) is 0.243. The lowest BCUT2D eigenvalue weighted by Gasteiger charge is -2.43. The van der Waals surface area contributed by atoms with Crippen molar-refractivity contribution in [3.8, 4) is 12.3 Å². The Balaban J connectivity index is 2.38. The van der Waals surface area contributed by atoms with E-state index < -0.39 is 48.6 Å². The summed E-state index contributed by atoms with van der Waals surface area (Å²) in [6.45, 7) is 8.21. The van der Waals surface area contributed by atoms with Gasteiger partial charge in [-0.15, -0.1) is 6.42 Å². The molecule has 12 nitrogen and oxygen atoms in total. The normalized spacial score (nSPS) is 23.8. The van der Waals surface area contributed by atoms with E-state index in [2.05, 4.69) is 5.92 Å². The Morgan fingerprint density at radius 1 is 0.686 bits per heavy atom. The van der Waals surface area contributed by atoms with Crippen LogP contribution in [0.15, 0.2) is 0 Å². The van der Waals surface area contributed by atoms with E-state index in [0.29, 0.717) is 39.6 Å². The molecule has 0 amide bonds. The van der Waals surface area contributed by atoms with E-state index in [1.54, 1.807) is 6.92 Å². The lowest BCUT2D eigenvalue weighted by atomic mass is 9.99. The average molecular weight is 505 g/mol. The van der Waals surface area contributed by atoms with Gasteiger partial charge < -0.3 is 42.6 Å². The largest absolute Gasteiger partial charge is 0.456 e. The van der Waals surface area contributed by atoms with Gasteiger partial charge in [-0.05, 0) is 6.92 Å². The molecule has 1 fully saturated rings. The molecule has 5 atom stereocenters. The van der Waals surface area contributed by atoms with Crippen LogP contribution in [0, 0.1) is 12.3 Å². The van der Waals surface area contributed by atoms with Gasteiger partial charge in [0, 0.05) is 20.8 Å². The summed E-state index contributed by atoms with van der Waals surface area (Å²) in [4.78, 5) is 34.8. The Bertz CT molecular complexity index is 676. The van der Waals surface area contributed by atoms with Gasteiger partial charge in [0.2, 0.25) is 0 Å². The minimum absolute atomic E-state index is 0.0982. The van der Waals surface area contributed by atoms with Crippen LogP contribution in [-0.2, 0) is 57.0 Å². The number of rotatable bonds is 17. The summed E-state index contributed by atoms with van der Waals surface area (Å²) in [7, 11) is 0. The summed E-state index contributed by atoms with van der Waals surface area (Å²) < 4.78 is 48.6. The summed E-state index contributed by atoms with van der Waals surface area (Å²) in [5, 5.41) is 0. The first-order valence-corrected chi connectivity index (χ1v) is 11.3. The first kappa shape index (κ1) is 30.8. The smallest absolute Gasteiger partial charge is 0.303 e. The quantitative estimate of drug-likeness (QED) is 0.116. The molecule has 1 heterocycles. The van der Waals surface area contributed by atoms with E-state index in [9.17, 15) is 14.4 Å². The van der Waals surface area contributed by atoms with Gasteiger partial charge in [0.05, 0.1) is 59.0 Å². The fourth-order valence-electron chi connectivity index (χ4n) is 3.12. The van der Waals surface area contributed by atoms with Crippen LogP contribution in [0.3, 0.4) is 0 Å². The van der Waals surface area contributed by atoms with Gasteiger partial charge in [-0.25, -0.2) is 0 Å². The minimum Gasteiger partial charge on any atom is -0.456 e. The van der Waals surface area contributed by atoms with Crippen LogP contribution in [0.4, 0.5) is 0 Å². The van der Waals surface area contributed by atoms with Crippen LogP contribution in [0.1, 0.15) is 27.7 Å². The average Bonchev–Trinajstić information content (AvgIpc) is 2.78. The molecule has 0 bridgehead atoms. The van der Waals surface area contributed by atoms with Gasteiger partial charge in [0.1, 0.15) is 6.61 Å². The molecule has 0 aromatic heterocycles. The number of terminal acetylenes is 1. The molecule has 1 rings (SSSR count). The number of hydrogen-bond acceptors (Lipinski definition) is 12. The molecule has 12 heteroatoms. The van der Waals surface area contributed by atoms with Gasteiger partial charge in [0.15, 0.2) is 24.6 Å². The van der Waals surface area contributed by atoms with Crippen molar-refractivity contribution in [3.63, 3.8) is 0 Å². The van der Waals surface area contributed by atoms with E-state index in [0.717, 1.165) is 0 Å². The van der Waals surface area contributed by atoms with E-state index in [1.807, 2.05) is 0 Å². The van der Waals surface area contributed by atoms with Crippen LogP contribution >= 0.6 is 0 Å². The van der Waals surface area contributed by atoms with Crippen molar-refractivity contribution in [1.82, 2.24) is 0 Å². The Morgan fingerprint density at radius 3 is 1.60 bits per heavy atom. The summed E-state index contributed by atoms with van der Waals surface area (Å²) in [6.07, 6.45) is 0.0850. The van der Waals surface area contributed by atoms with E-state index in [-0.39, 0.29) is 19.8 Å². The van der Waals surface area contributed by atoms with Crippen molar-refractivity contribution in [1.29, 1.82) is 0 Å². The van der Waals surface area contributed by atoms with Gasteiger partial charge in [0.25, 0.3) is 0 Å². The molecule has 0 aromatic carbocycles. The minimum atomic E-state index is -1.14. The Morgan fingerprint density at radius 2 is 1.11 bits per heavy atom. The van der Waals surface area contributed by atoms with Crippen molar-refractivity contribution in [2.45, 2.75) is 58.4 Å². The van der Waals surface area contributed by atoms with Crippen LogP contribution < -0.4 is 0 Å². The van der Waals surface area contributed by atoms with E-state index >= 15 is 0 Å². The van der Waals surface area contributed by atoms with E-state index in [4.69, 9.17) is 49.1 Å². The molecule has 0 saturated carbocycles. The molecule has 35 heavy (non-hydrogen) atoms. The zero-order chi connectivity index (χ0) is 26.1. The first-order chi connectivity index (χ1) is 16.8. The molecule has 1 saturated heterocycles. The Hall–Kier alpha value is -2.27. The van der Waals surface area contributed by atoms with Crippen molar-refractivity contribution in [2.24, 2.45) is 0 Å². The maximum atomic E-state index is 11.7. The highest BCUT2D eigenvalue weighted by molar-refractivity contribution is 5.68. The molecule has 0 radical (unpaired) electrons. The summed E-state index contributed by atoms with van der Waals surface area (Å²) in [6, 6.07) is 0. The van der Waals surface area contributed by atoms with Crippen LogP contribution in [-0.4, -0.2) is 108 Å². The molecule has 1 aliphatic rings. The maximum Gasteiger partial charge on any atom is 0.303 e. The van der Waals surface area contributed by atoms with Crippen LogP contribution in [0.2, 0.25) is 0 Å². The maximum absolute atomic E-state index is 11.7. The van der Waals surface area contributed by atoms with Crippen molar-refractivity contribution < 1.29 is 57.0 Å². The predicted molar refractivity (Wildman–Crippen MR) is 119 cm³/mol. The summed E-state index contributed by atoms with van der Waals surface area (Å²) in [5.41, 5.74) is 0. The molecular formula is C23H36O12. The number of carbonyl (C=O) groups excluding carboxylic acids is 3. The highest BCUT2D eigenvalue weighted by Gasteiger charge is 2.50. The molecule has 0 N–H and O–H groups in total. The number of esters is 3. The highest BCUT2D eigenvalue weighted by atomic mass is 16.7. The second-order valence-electron chi connectivity index (χ2n) is 7.40. The lowest BCUT2D eigenvalue weighted by molar-refractivity contribution is -0.302. The van der Waals surface area contributed by atoms with Crippen molar-refractivity contribution in [2.75, 3.05) is 59.5 Å². The third kappa shape index (κ3) is 13.4. The summed E-state index contributed by atoms with van der Waals surface area (Å²) in [5.74, 6) is 0.494. The third-order valence-electron chi connectivity index (χ3n) is 4.44. The SMILES string of the molecule is C#CCOCCOCCOCCOCCO[C@@H]1OC(C)[C@@H](OC(C)=O)C(OC(C)=O)[C@H]1OC(C)=O. The Kier molecular flexibility index (Phi) is 15.9. The molecule has 0 aliphatic carbocycles. The van der Waals surface area contributed by atoms with Crippen LogP contribution in [0.5, 0.6) is 0 Å². The standard InChI is InChI=1S/C23H36O12/c1-6-7-27-8-9-28-10-11-29-12-13-30-14-15-31-23-22(35-19(5)26)21(34-18(4)25)20(16(2)32-23)33-17(3)24/h1,16,20-23H,7-15H2,2-5H3/t16?,20-,21?,22-,23-/m1/s1. The molecular weight excluding hydrogens is 468 g/mol. The zero-order valence-electron chi connectivity index (χ0n) is 20.7. The van der Waals surface area contributed by atoms with Gasteiger partial charge in [-0.3, -0.25) is 14.4 Å². The van der Waals surface area contributed by atoms with Gasteiger partial charge >= 0.3 is 17.9 Å². The van der Waals surface area contributed by atoms with Gasteiger partial charge in [-0.1, -0.05) is 5.92 Å². The van der Waals surface area contributed by atoms with Crippen molar-refractivity contribution in [3.05, 3.63) is 0 Å². The number of hydrogen-bond donors (Lipinski definition) is 0. The van der Waals surface area contributed by atoms with Crippen molar-refractivity contribution >= 4 is 17.9 Å². The van der Waals surface area contributed by atoms with Crippen LogP contribution in [0.25, 0.3) is 0 Å². The van der Waals surface area contributed by atoms with E-state index in [1.165, 1.54) is 20.8 Å². The zero-order valence-corrected chi connectivity index (χ0v) is 20.7. The third-order valence-corrected chi connectivity index (χ3v) is 4.44. The second-order valence-corrected chi connectivity index (χ2v) is 7.40. The first-order valence-electron chi connectivity index (χ1n) is 11.3. The topological polar surface area (TPSA) is 134 Å². The monoisotopic (exact) mass is 504 g/mol. The summed E-state index contributed by atoms with van der Waals surface area (Å²) >= 11 is 0. The fraction of sp³-hybridized carbons (Fsp3) is 0.783. The fourth-order valence-corrected chi connectivity index (χ4v) is 3.12. The number of ether oxygens (including phenoxy) is 9. The number of carbonyl (C=O) groups is 3. The highest BCUT2D eigenvalue weighted by Crippen LogP contribution is 2.29. The molecule has 0 aromatic rings. The Labute approximate surface area is 205 Å². The molecule has 1 aliphatic heterocycles. The molecule has 200 valence electrons. The second kappa shape index (κ2) is 18.1. The molecule has 2 unspecified atom stereocenters. The molecule has 0 spiro atoms.